The van der Waals surface area contributed by atoms with Gasteiger partial charge < -0.3 is 0 Å². The van der Waals surface area contributed by atoms with Gasteiger partial charge in [-0.05, 0) is 80.5 Å². The maximum atomic E-state index is 9.54. The highest BCUT2D eigenvalue weighted by molar-refractivity contribution is 7.26. The quantitative estimate of drug-likeness (QED) is 0.173. The van der Waals surface area contributed by atoms with E-state index < -0.39 is 0 Å². The number of benzene rings is 8. The maximum Gasteiger partial charge on any atom is 0.164 e. The van der Waals surface area contributed by atoms with Crippen molar-refractivity contribution in [3.63, 3.8) is 0 Å². The van der Waals surface area contributed by atoms with Crippen molar-refractivity contribution in [1.82, 2.24) is 15.0 Å². The van der Waals surface area contributed by atoms with Crippen molar-refractivity contribution in [2.45, 2.75) is 0 Å². The average Bonchev–Trinajstić information content (AvgIpc) is 3.67. The fourth-order valence-electron chi connectivity index (χ4n) is 6.86. The van der Waals surface area contributed by atoms with Crippen LogP contribution in [0, 0.1) is 0 Å². The standard InChI is InChI=1S/C49H31N3S/c1-4-13-32(14-5-1)40-22-11-19-34-25-26-37(30-42(34)40)36-20-10-21-38(29-36)48-50-47(35-17-8-3-9-18-35)51-49(52-48)39-27-28-44-43(31-39)46-41(23-12-24-45(46)53-44)33-15-6-2-7-16-33/h1-31H/i11D,19D,22D,25D,26D,30D. The highest BCUT2D eigenvalue weighted by Crippen LogP contribution is 2.41. The second-order valence-electron chi connectivity index (χ2n) is 12.7. The number of hydrogen-bond acceptors (Lipinski definition) is 4. The monoisotopic (exact) mass is 699 g/mol. The lowest BCUT2D eigenvalue weighted by Gasteiger charge is -2.11. The highest BCUT2D eigenvalue weighted by atomic mass is 32.1. The van der Waals surface area contributed by atoms with E-state index in [1.807, 2.05) is 78.9 Å². The molecular weight excluding hydrogens is 663 g/mol. The summed E-state index contributed by atoms with van der Waals surface area (Å²) in [6.07, 6.45) is 0. The molecule has 0 bridgehead atoms. The van der Waals surface area contributed by atoms with Crippen LogP contribution in [-0.4, -0.2) is 15.0 Å². The molecular formula is C49H31N3S. The molecule has 0 radical (unpaired) electrons. The molecule has 0 unspecified atom stereocenters. The Balaban J connectivity index is 1.17. The fraction of sp³-hybridized carbons (Fsp3) is 0. The van der Waals surface area contributed by atoms with Crippen LogP contribution in [0.25, 0.3) is 98.5 Å². The Morgan fingerprint density at radius 2 is 1.00 bits per heavy atom. The molecule has 3 nitrogen and oxygen atoms in total. The van der Waals surface area contributed by atoms with E-state index in [4.69, 9.17) is 21.8 Å². The zero-order chi connectivity index (χ0) is 40.4. The molecule has 0 N–H and O–H groups in total. The van der Waals surface area contributed by atoms with Crippen LogP contribution in [0.15, 0.2) is 188 Å². The van der Waals surface area contributed by atoms with Gasteiger partial charge in [0.2, 0.25) is 0 Å². The second kappa shape index (κ2) is 13.1. The minimum atomic E-state index is -0.346. The van der Waals surface area contributed by atoms with E-state index >= 15 is 0 Å². The first-order valence-electron chi connectivity index (χ1n) is 20.3. The molecule has 0 spiro atoms. The lowest BCUT2D eigenvalue weighted by molar-refractivity contribution is 1.07. The predicted molar refractivity (Wildman–Crippen MR) is 223 cm³/mol. The van der Waals surface area contributed by atoms with E-state index in [9.17, 15) is 1.37 Å². The fourth-order valence-corrected chi connectivity index (χ4v) is 7.97. The van der Waals surface area contributed by atoms with Gasteiger partial charge in [-0.3, -0.25) is 0 Å². The molecule has 248 valence electrons. The zero-order valence-electron chi connectivity index (χ0n) is 34.2. The zero-order valence-corrected chi connectivity index (χ0v) is 29.0. The Hall–Kier alpha value is -6.75. The van der Waals surface area contributed by atoms with Crippen LogP contribution in [0.5, 0.6) is 0 Å². The van der Waals surface area contributed by atoms with Gasteiger partial charge in [-0.2, -0.15) is 0 Å². The molecule has 8 aromatic carbocycles. The van der Waals surface area contributed by atoms with E-state index in [2.05, 4.69) is 54.6 Å². The largest absolute Gasteiger partial charge is 0.208 e. The Labute approximate surface area is 320 Å². The Kier molecular flexibility index (Phi) is 6.24. The van der Waals surface area contributed by atoms with E-state index in [0.717, 1.165) is 32.3 Å². The summed E-state index contributed by atoms with van der Waals surface area (Å²) in [4.78, 5) is 15.0. The van der Waals surface area contributed by atoms with E-state index in [1.165, 1.54) is 10.1 Å². The number of hydrogen-bond donors (Lipinski definition) is 0. The summed E-state index contributed by atoms with van der Waals surface area (Å²) < 4.78 is 56.3. The Morgan fingerprint density at radius 3 is 1.74 bits per heavy atom. The molecule has 2 heterocycles. The lowest BCUT2D eigenvalue weighted by atomic mass is 9.94. The molecule has 0 amide bonds. The first kappa shape index (κ1) is 25.2. The number of nitrogens with zero attached hydrogens (tertiary/aromatic N) is 3. The number of fused-ring (bicyclic) bond motifs is 4. The van der Waals surface area contributed by atoms with E-state index in [1.54, 1.807) is 29.5 Å². The summed E-state index contributed by atoms with van der Waals surface area (Å²) in [6.45, 7) is 0. The summed E-state index contributed by atoms with van der Waals surface area (Å²) in [5, 5.41) is 2.50. The molecule has 4 heteroatoms. The molecule has 53 heavy (non-hydrogen) atoms. The highest BCUT2D eigenvalue weighted by Gasteiger charge is 2.16. The van der Waals surface area contributed by atoms with Crippen molar-refractivity contribution in [2.24, 2.45) is 0 Å². The van der Waals surface area contributed by atoms with Crippen molar-refractivity contribution in [2.75, 3.05) is 0 Å². The third kappa shape index (κ3) is 5.76. The summed E-state index contributed by atoms with van der Waals surface area (Å²) in [6, 6.07) is 47.7. The van der Waals surface area contributed by atoms with Gasteiger partial charge in [0, 0.05) is 36.9 Å². The summed E-state index contributed by atoms with van der Waals surface area (Å²) in [5.41, 5.74) is 6.12. The van der Waals surface area contributed by atoms with Crippen LogP contribution in [0.1, 0.15) is 8.22 Å². The van der Waals surface area contributed by atoms with Gasteiger partial charge in [0.1, 0.15) is 0 Å². The molecule has 0 atom stereocenters. The third-order valence-electron chi connectivity index (χ3n) is 9.41. The average molecular weight is 700 g/mol. The van der Waals surface area contributed by atoms with Crippen LogP contribution in [-0.2, 0) is 0 Å². The molecule has 0 saturated carbocycles. The predicted octanol–water partition coefficient (Wildman–Crippen LogP) is 13.4. The van der Waals surface area contributed by atoms with Crippen molar-refractivity contribution in [3.8, 4) is 67.5 Å². The van der Waals surface area contributed by atoms with Crippen LogP contribution >= 0.6 is 11.3 Å². The van der Waals surface area contributed by atoms with Gasteiger partial charge in [0.05, 0.1) is 8.22 Å². The van der Waals surface area contributed by atoms with Crippen molar-refractivity contribution < 1.29 is 8.22 Å². The van der Waals surface area contributed by atoms with E-state index in [-0.39, 0.29) is 52.6 Å². The second-order valence-corrected chi connectivity index (χ2v) is 13.8. The molecule has 0 saturated heterocycles. The van der Waals surface area contributed by atoms with Crippen LogP contribution in [0.3, 0.4) is 0 Å². The van der Waals surface area contributed by atoms with Crippen molar-refractivity contribution in [3.05, 3.63) is 188 Å². The first-order valence-corrected chi connectivity index (χ1v) is 18.1. The van der Waals surface area contributed by atoms with Gasteiger partial charge >= 0.3 is 0 Å². The molecule has 10 rings (SSSR count). The molecule has 10 aromatic rings. The summed E-state index contributed by atoms with van der Waals surface area (Å²) >= 11 is 1.75. The van der Waals surface area contributed by atoms with Gasteiger partial charge in [-0.15, -0.1) is 11.3 Å². The Morgan fingerprint density at radius 1 is 0.396 bits per heavy atom. The number of aromatic nitrogens is 3. The third-order valence-corrected chi connectivity index (χ3v) is 10.6. The first-order chi connectivity index (χ1) is 28.8. The van der Waals surface area contributed by atoms with E-state index in [0.29, 0.717) is 39.7 Å². The molecule has 0 aliphatic carbocycles. The van der Waals surface area contributed by atoms with Crippen molar-refractivity contribution in [1.29, 1.82) is 0 Å². The number of rotatable bonds is 6. The topological polar surface area (TPSA) is 38.7 Å². The number of thiophene rings is 1. The van der Waals surface area contributed by atoms with Crippen molar-refractivity contribution >= 4 is 42.3 Å². The molecule has 2 aromatic heterocycles. The Bertz CT molecular complexity index is 3280. The normalized spacial score (nSPS) is 13.0. The summed E-state index contributed by atoms with van der Waals surface area (Å²) in [7, 11) is 0. The SMILES string of the molecule is [2H]c1c([2H])c(-c2ccccc2)c2c([2H])c(-c3cccc(-c4nc(-c5ccccc5)nc(-c5ccc6sc7cccc(-c8ccccc8)c7c6c5)n4)c3)c([2H])c([2H])c2c1[2H]. The lowest BCUT2D eigenvalue weighted by Crippen LogP contribution is -2.00. The van der Waals surface area contributed by atoms with Gasteiger partial charge in [0.25, 0.3) is 0 Å². The minimum absolute atomic E-state index is 0.0145. The van der Waals surface area contributed by atoms with Crippen LogP contribution in [0.4, 0.5) is 0 Å². The maximum absolute atomic E-state index is 9.54. The molecule has 0 aliphatic rings. The van der Waals surface area contributed by atoms with Gasteiger partial charge in [0.15, 0.2) is 17.5 Å². The minimum Gasteiger partial charge on any atom is -0.208 e. The molecule has 0 aliphatic heterocycles. The van der Waals surface area contributed by atoms with Crippen LogP contribution < -0.4 is 0 Å². The van der Waals surface area contributed by atoms with Gasteiger partial charge in [-0.25, -0.2) is 15.0 Å². The summed E-state index contributed by atoms with van der Waals surface area (Å²) in [5.74, 6) is 1.37. The molecule has 0 fully saturated rings. The smallest absolute Gasteiger partial charge is 0.164 e. The van der Waals surface area contributed by atoms with Crippen LogP contribution in [0.2, 0.25) is 0 Å². The van der Waals surface area contributed by atoms with Gasteiger partial charge in [-0.1, -0.05) is 152 Å².